The molecule has 16 heavy (non-hydrogen) atoms. The van der Waals surface area contributed by atoms with E-state index in [1.165, 1.54) is 6.07 Å². The van der Waals surface area contributed by atoms with Crippen molar-refractivity contribution in [3.63, 3.8) is 0 Å². The molecule has 1 aromatic carbocycles. The van der Waals surface area contributed by atoms with Crippen LogP contribution in [0.15, 0.2) is 12.1 Å². The van der Waals surface area contributed by atoms with Gasteiger partial charge in [0.2, 0.25) is 0 Å². The smallest absolute Gasteiger partial charge is 0.151 e. The van der Waals surface area contributed by atoms with Crippen molar-refractivity contribution in [2.45, 2.75) is 6.42 Å². The number of benzene rings is 1. The molecular weight excluding hydrogens is 214 g/mol. The highest BCUT2D eigenvalue weighted by atomic mass is 19.1. The van der Waals surface area contributed by atoms with E-state index in [4.69, 9.17) is 10.5 Å². The van der Waals surface area contributed by atoms with Gasteiger partial charge in [-0.15, -0.1) is 0 Å². The van der Waals surface area contributed by atoms with E-state index < -0.39 is 11.6 Å². The molecule has 0 spiro atoms. The average molecular weight is 228 g/mol. The lowest BCUT2D eigenvalue weighted by Gasteiger charge is -2.23. The first kappa shape index (κ1) is 11.1. The Morgan fingerprint density at radius 1 is 1.19 bits per heavy atom. The molecule has 1 aliphatic rings. The third kappa shape index (κ3) is 2.24. The van der Waals surface area contributed by atoms with Gasteiger partial charge in [0, 0.05) is 25.8 Å². The summed E-state index contributed by atoms with van der Waals surface area (Å²) in [5.41, 5.74) is 6.03. The van der Waals surface area contributed by atoms with Gasteiger partial charge in [0.25, 0.3) is 0 Å². The lowest BCUT2D eigenvalue weighted by atomic mass is 10.2. The van der Waals surface area contributed by atoms with Crippen molar-refractivity contribution >= 4 is 11.4 Å². The van der Waals surface area contributed by atoms with Gasteiger partial charge in [0.05, 0.1) is 18.0 Å². The van der Waals surface area contributed by atoms with Crippen LogP contribution in [-0.2, 0) is 4.74 Å². The molecule has 0 radical (unpaired) electrons. The highest BCUT2D eigenvalue weighted by Gasteiger charge is 2.16. The van der Waals surface area contributed by atoms with Crippen molar-refractivity contribution in [1.29, 1.82) is 0 Å². The zero-order valence-electron chi connectivity index (χ0n) is 8.88. The van der Waals surface area contributed by atoms with Gasteiger partial charge in [-0.25, -0.2) is 8.78 Å². The number of nitrogens with two attached hydrogens (primary N) is 1. The van der Waals surface area contributed by atoms with E-state index in [9.17, 15) is 8.78 Å². The minimum atomic E-state index is -0.708. The van der Waals surface area contributed by atoms with Crippen LogP contribution < -0.4 is 10.6 Å². The van der Waals surface area contributed by atoms with Gasteiger partial charge in [-0.1, -0.05) is 0 Å². The van der Waals surface area contributed by atoms with E-state index in [1.807, 2.05) is 4.90 Å². The Morgan fingerprint density at radius 3 is 2.81 bits per heavy atom. The zero-order valence-corrected chi connectivity index (χ0v) is 8.88. The molecule has 1 aromatic rings. The fourth-order valence-corrected chi connectivity index (χ4v) is 1.82. The Morgan fingerprint density at radius 2 is 2.00 bits per heavy atom. The van der Waals surface area contributed by atoms with Crippen LogP contribution in [0.5, 0.6) is 0 Å². The molecule has 5 heteroatoms. The molecule has 1 heterocycles. The van der Waals surface area contributed by atoms with Crippen molar-refractivity contribution in [1.82, 2.24) is 0 Å². The number of ether oxygens (including phenoxy) is 1. The minimum absolute atomic E-state index is 0.00306. The van der Waals surface area contributed by atoms with E-state index in [0.717, 1.165) is 12.5 Å². The van der Waals surface area contributed by atoms with Crippen molar-refractivity contribution < 1.29 is 13.5 Å². The molecule has 0 unspecified atom stereocenters. The summed E-state index contributed by atoms with van der Waals surface area (Å²) in [4.78, 5) is 1.86. The monoisotopic (exact) mass is 228 g/mol. The van der Waals surface area contributed by atoms with Crippen LogP contribution in [0.2, 0.25) is 0 Å². The largest absolute Gasteiger partial charge is 0.395 e. The minimum Gasteiger partial charge on any atom is -0.395 e. The van der Waals surface area contributed by atoms with Crippen LogP contribution in [0.3, 0.4) is 0 Å². The van der Waals surface area contributed by atoms with Crippen molar-refractivity contribution in [2.24, 2.45) is 0 Å². The number of hydrogen-bond donors (Lipinski definition) is 1. The molecule has 1 aliphatic heterocycles. The van der Waals surface area contributed by atoms with Crippen LogP contribution in [0, 0.1) is 11.6 Å². The van der Waals surface area contributed by atoms with Gasteiger partial charge < -0.3 is 15.4 Å². The molecule has 0 saturated carbocycles. The summed E-state index contributed by atoms with van der Waals surface area (Å²) in [5, 5.41) is 0. The summed E-state index contributed by atoms with van der Waals surface area (Å²) in [6, 6.07) is 2.07. The molecule has 88 valence electrons. The molecule has 0 bridgehead atoms. The van der Waals surface area contributed by atoms with E-state index in [0.29, 0.717) is 32.0 Å². The number of nitrogen functional groups attached to an aromatic ring is 1. The second-order valence-electron chi connectivity index (χ2n) is 3.77. The Kier molecular flexibility index (Phi) is 3.24. The van der Waals surface area contributed by atoms with Crippen molar-refractivity contribution in [3.8, 4) is 0 Å². The number of nitrogens with zero attached hydrogens (tertiary/aromatic N) is 1. The Labute approximate surface area is 92.8 Å². The fraction of sp³-hybridized carbons (Fsp3) is 0.455. The maximum absolute atomic E-state index is 13.3. The van der Waals surface area contributed by atoms with E-state index in [2.05, 4.69) is 0 Å². The second kappa shape index (κ2) is 4.65. The summed E-state index contributed by atoms with van der Waals surface area (Å²) < 4.78 is 31.7. The summed E-state index contributed by atoms with van der Waals surface area (Å²) >= 11 is 0. The molecular formula is C11H14F2N2O. The number of anilines is 2. The second-order valence-corrected chi connectivity index (χ2v) is 3.77. The third-order valence-electron chi connectivity index (χ3n) is 2.64. The molecule has 1 fully saturated rings. The molecule has 1 saturated heterocycles. The van der Waals surface area contributed by atoms with Gasteiger partial charge >= 0.3 is 0 Å². The number of halogens is 2. The summed E-state index contributed by atoms with van der Waals surface area (Å²) in [7, 11) is 0. The SMILES string of the molecule is Nc1c(F)cc(F)cc1N1CCCOCC1. The maximum Gasteiger partial charge on any atom is 0.151 e. The Balaban J connectivity index is 2.30. The molecule has 0 aromatic heterocycles. The molecule has 0 amide bonds. The number of hydrogen-bond acceptors (Lipinski definition) is 3. The Hall–Kier alpha value is -1.36. The predicted octanol–water partition coefficient (Wildman–Crippen LogP) is 1.77. The topological polar surface area (TPSA) is 38.5 Å². The summed E-state index contributed by atoms with van der Waals surface area (Å²) in [6.07, 6.45) is 0.831. The van der Waals surface area contributed by atoms with E-state index in [-0.39, 0.29) is 5.69 Å². The normalized spacial score (nSPS) is 17.2. The van der Waals surface area contributed by atoms with E-state index >= 15 is 0 Å². The molecule has 2 rings (SSSR count). The first-order valence-electron chi connectivity index (χ1n) is 5.25. The predicted molar refractivity (Wildman–Crippen MR) is 58.4 cm³/mol. The number of rotatable bonds is 1. The van der Waals surface area contributed by atoms with Crippen LogP contribution in [0.4, 0.5) is 20.2 Å². The van der Waals surface area contributed by atoms with Crippen molar-refractivity contribution in [2.75, 3.05) is 36.9 Å². The van der Waals surface area contributed by atoms with Crippen LogP contribution >= 0.6 is 0 Å². The fourth-order valence-electron chi connectivity index (χ4n) is 1.82. The third-order valence-corrected chi connectivity index (χ3v) is 2.64. The average Bonchev–Trinajstić information content (AvgIpc) is 2.51. The van der Waals surface area contributed by atoms with Gasteiger partial charge in [0.1, 0.15) is 5.82 Å². The van der Waals surface area contributed by atoms with E-state index in [1.54, 1.807) is 0 Å². The van der Waals surface area contributed by atoms with Crippen LogP contribution in [0.1, 0.15) is 6.42 Å². The van der Waals surface area contributed by atoms with Gasteiger partial charge in [-0.2, -0.15) is 0 Å². The van der Waals surface area contributed by atoms with Crippen LogP contribution in [-0.4, -0.2) is 26.3 Å². The van der Waals surface area contributed by atoms with Gasteiger partial charge in [0.15, 0.2) is 5.82 Å². The van der Waals surface area contributed by atoms with Gasteiger partial charge in [-0.3, -0.25) is 0 Å². The summed E-state index contributed by atoms with van der Waals surface area (Å²) in [5.74, 6) is -1.31. The van der Waals surface area contributed by atoms with Gasteiger partial charge in [-0.05, 0) is 12.5 Å². The highest BCUT2D eigenvalue weighted by Crippen LogP contribution is 2.27. The first-order valence-corrected chi connectivity index (χ1v) is 5.25. The van der Waals surface area contributed by atoms with Crippen molar-refractivity contribution in [3.05, 3.63) is 23.8 Å². The molecule has 0 aliphatic carbocycles. The zero-order chi connectivity index (χ0) is 11.5. The lowest BCUT2D eigenvalue weighted by molar-refractivity contribution is 0.152. The maximum atomic E-state index is 13.3. The molecule has 0 atom stereocenters. The lowest BCUT2D eigenvalue weighted by Crippen LogP contribution is -2.27. The van der Waals surface area contributed by atoms with Crippen LogP contribution in [0.25, 0.3) is 0 Å². The quantitative estimate of drug-likeness (QED) is 0.744. The molecule has 2 N–H and O–H groups in total. The molecule has 3 nitrogen and oxygen atoms in total. The highest BCUT2D eigenvalue weighted by molar-refractivity contribution is 5.68. The first-order chi connectivity index (χ1) is 7.68. The summed E-state index contributed by atoms with van der Waals surface area (Å²) in [6.45, 7) is 2.53. The standard InChI is InChI=1S/C11H14F2N2O/c12-8-6-9(13)11(14)10(7-8)15-2-1-4-16-5-3-15/h6-7H,1-5,14H2. The Bertz CT molecular complexity index is 376.